The van der Waals surface area contributed by atoms with E-state index in [-0.39, 0.29) is 12.7 Å². The Bertz CT molecular complexity index is 899. The van der Waals surface area contributed by atoms with Gasteiger partial charge in [0, 0.05) is 32.7 Å². The number of carbonyl (C=O) groups is 1. The second-order valence-electron chi connectivity index (χ2n) is 8.37. The molecular formula is C24H27N3O4. The molecule has 4 rings (SSSR count). The maximum atomic E-state index is 12.5. The molecule has 1 N–H and O–H groups in total. The lowest BCUT2D eigenvalue weighted by Crippen LogP contribution is -2.55. The summed E-state index contributed by atoms with van der Waals surface area (Å²) in [6.45, 7) is 3.79. The third kappa shape index (κ3) is 5.75. The van der Waals surface area contributed by atoms with Gasteiger partial charge in [-0.25, -0.2) is 4.79 Å². The van der Waals surface area contributed by atoms with Crippen LogP contribution in [-0.4, -0.2) is 66.4 Å². The number of piperidine rings is 2. The molecule has 2 aliphatic rings. The molecule has 2 heterocycles. The minimum atomic E-state index is -0.603. The molecule has 2 fully saturated rings. The minimum absolute atomic E-state index is 0.202. The van der Waals surface area contributed by atoms with Crippen molar-refractivity contribution < 1.29 is 19.4 Å². The summed E-state index contributed by atoms with van der Waals surface area (Å²) >= 11 is 0. The molecular weight excluding hydrogens is 394 g/mol. The molecule has 162 valence electrons. The van der Waals surface area contributed by atoms with Gasteiger partial charge in [0.1, 0.15) is 24.2 Å². The highest BCUT2D eigenvalue weighted by Gasteiger charge is 2.37. The van der Waals surface area contributed by atoms with Crippen LogP contribution < -0.4 is 9.47 Å². The van der Waals surface area contributed by atoms with E-state index in [0.29, 0.717) is 48.5 Å². The Morgan fingerprint density at radius 1 is 1.03 bits per heavy atom. The Hall–Kier alpha value is -3.08. The molecule has 0 spiro atoms. The fourth-order valence-electron chi connectivity index (χ4n) is 4.51. The molecule has 3 atom stereocenters. The quantitative estimate of drug-likeness (QED) is 0.772. The highest BCUT2D eigenvalue weighted by atomic mass is 16.6. The Morgan fingerprint density at radius 3 is 2.35 bits per heavy atom. The summed E-state index contributed by atoms with van der Waals surface area (Å²) in [6, 6.07) is 18.1. The van der Waals surface area contributed by atoms with Crippen molar-refractivity contribution in [3.05, 3.63) is 60.2 Å². The van der Waals surface area contributed by atoms with Crippen molar-refractivity contribution in [2.75, 3.05) is 39.3 Å². The van der Waals surface area contributed by atoms with E-state index >= 15 is 0 Å². The van der Waals surface area contributed by atoms with Crippen LogP contribution in [0.25, 0.3) is 0 Å². The number of para-hydroxylation sites is 1. The number of benzene rings is 2. The summed E-state index contributed by atoms with van der Waals surface area (Å²) in [5.74, 6) is 1.96. The molecule has 2 aliphatic heterocycles. The average Bonchev–Trinajstić information content (AvgIpc) is 2.78. The van der Waals surface area contributed by atoms with Crippen LogP contribution in [0.1, 0.15) is 12.0 Å². The maximum absolute atomic E-state index is 12.5. The van der Waals surface area contributed by atoms with E-state index in [1.165, 1.54) is 0 Å². The molecule has 3 unspecified atom stereocenters. The lowest BCUT2D eigenvalue weighted by atomic mass is 9.84. The molecule has 0 saturated carbocycles. The van der Waals surface area contributed by atoms with Crippen molar-refractivity contribution >= 4 is 6.09 Å². The number of rotatable bonds is 6. The first kappa shape index (κ1) is 21.2. The van der Waals surface area contributed by atoms with Gasteiger partial charge in [-0.1, -0.05) is 18.2 Å². The number of carbonyl (C=O) groups excluding carboxylic acids is 1. The lowest BCUT2D eigenvalue weighted by molar-refractivity contribution is 0.00447. The molecule has 0 radical (unpaired) electrons. The predicted octanol–water partition coefficient (Wildman–Crippen LogP) is 2.75. The molecule has 0 aliphatic carbocycles. The molecule has 31 heavy (non-hydrogen) atoms. The summed E-state index contributed by atoms with van der Waals surface area (Å²) in [7, 11) is 0. The minimum Gasteiger partial charge on any atom is -0.491 e. The van der Waals surface area contributed by atoms with Crippen molar-refractivity contribution in [2.24, 2.45) is 11.8 Å². The third-order valence-electron chi connectivity index (χ3n) is 5.76. The number of hydrogen-bond donors (Lipinski definition) is 1. The number of amides is 1. The predicted molar refractivity (Wildman–Crippen MR) is 115 cm³/mol. The molecule has 7 heteroatoms. The fraction of sp³-hybridized carbons (Fsp3) is 0.417. The molecule has 1 amide bonds. The Balaban J connectivity index is 1.23. The number of aliphatic hydroxyl groups is 1. The van der Waals surface area contributed by atoms with Gasteiger partial charge in [0.25, 0.3) is 0 Å². The summed E-state index contributed by atoms with van der Waals surface area (Å²) in [5.41, 5.74) is 0.578. The zero-order valence-electron chi connectivity index (χ0n) is 17.4. The largest absolute Gasteiger partial charge is 0.491 e. The molecule has 2 aromatic rings. The second-order valence-corrected chi connectivity index (χ2v) is 8.37. The zero-order chi connectivity index (χ0) is 21.6. The van der Waals surface area contributed by atoms with Crippen LogP contribution in [-0.2, 0) is 0 Å². The van der Waals surface area contributed by atoms with Gasteiger partial charge in [-0.2, -0.15) is 5.26 Å². The average molecular weight is 421 g/mol. The first-order chi connectivity index (χ1) is 15.1. The van der Waals surface area contributed by atoms with Gasteiger partial charge in [-0.15, -0.1) is 0 Å². The second kappa shape index (κ2) is 9.82. The molecule has 0 aromatic heterocycles. The van der Waals surface area contributed by atoms with Gasteiger partial charge < -0.3 is 19.5 Å². The number of nitriles is 1. The van der Waals surface area contributed by atoms with Crippen LogP contribution in [0.3, 0.4) is 0 Å². The maximum Gasteiger partial charge on any atom is 0.415 e. The number of aliphatic hydroxyl groups excluding tert-OH is 1. The van der Waals surface area contributed by atoms with Gasteiger partial charge in [-0.3, -0.25) is 4.90 Å². The van der Waals surface area contributed by atoms with Crippen LogP contribution in [0.4, 0.5) is 4.79 Å². The normalized spacial score (nSPS) is 21.7. The van der Waals surface area contributed by atoms with Gasteiger partial charge >= 0.3 is 6.09 Å². The SMILES string of the molecule is N#Cc1ccc(OCC(O)CN2CC3CC(C2)CN(C(=O)Oc2ccccc2)C3)cc1. The monoisotopic (exact) mass is 421 g/mol. The first-order valence-electron chi connectivity index (χ1n) is 10.6. The summed E-state index contributed by atoms with van der Waals surface area (Å²) in [5, 5.41) is 19.3. The van der Waals surface area contributed by atoms with Crippen LogP contribution in [0.2, 0.25) is 0 Å². The van der Waals surface area contributed by atoms with E-state index in [0.717, 1.165) is 19.5 Å². The van der Waals surface area contributed by atoms with Crippen molar-refractivity contribution in [3.63, 3.8) is 0 Å². The fourth-order valence-corrected chi connectivity index (χ4v) is 4.51. The summed E-state index contributed by atoms with van der Waals surface area (Å²) < 4.78 is 11.2. The lowest BCUT2D eigenvalue weighted by Gasteiger charge is -2.45. The number of hydrogen-bond acceptors (Lipinski definition) is 6. The van der Waals surface area contributed by atoms with Crippen LogP contribution in [0, 0.1) is 23.2 Å². The highest BCUT2D eigenvalue weighted by molar-refractivity contribution is 5.70. The molecule has 2 saturated heterocycles. The van der Waals surface area contributed by atoms with E-state index in [4.69, 9.17) is 14.7 Å². The van der Waals surface area contributed by atoms with Crippen LogP contribution in [0.5, 0.6) is 11.5 Å². The van der Waals surface area contributed by atoms with Crippen LogP contribution >= 0.6 is 0 Å². The molecule has 2 bridgehead atoms. The van der Waals surface area contributed by atoms with Gasteiger partial charge in [0.05, 0.1) is 11.6 Å². The molecule has 2 aromatic carbocycles. The Labute approximate surface area is 182 Å². The van der Waals surface area contributed by atoms with Crippen molar-refractivity contribution in [3.8, 4) is 17.6 Å². The number of likely N-dealkylation sites (tertiary alicyclic amines) is 2. The van der Waals surface area contributed by atoms with E-state index in [9.17, 15) is 9.90 Å². The van der Waals surface area contributed by atoms with Crippen LogP contribution in [0.15, 0.2) is 54.6 Å². The standard InChI is InChI=1S/C24H27N3O4/c25-11-18-6-8-22(9-7-18)30-17-21(28)16-26-12-19-10-20(13-26)15-27(14-19)24(29)31-23-4-2-1-3-5-23/h1-9,19-21,28H,10,12-17H2. The molecule has 7 nitrogen and oxygen atoms in total. The number of β-amino-alcohol motifs (C(OH)–C–C–N with tert-alkyl or cyclic N) is 1. The summed E-state index contributed by atoms with van der Waals surface area (Å²) in [4.78, 5) is 16.6. The third-order valence-corrected chi connectivity index (χ3v) is 5.76. The van der Waals surface area contributed by atoms with Crippen molar-refractivity contribution in [1.82, 2.24) is 9.80 Å². The van der Waals surface area contributed by atoms with E-state index in [1.807, 2.05) is 23.1 Å². The number of nitrogens with zero attached hydrogens (tertiary/aromatic N) is 3. The topological polar surface area (TPSA) is 86.0 Å². The van der Waals surface area contributed by atoms with Gasteiger partial charge in [0.2, 0.25) is 0 Å². The van der Waals surface area contributed by atoms with E-state index in [2.05, 4.69) is 11.0 Å². The smallest absolute Gasteiger partial charge is 0.415 e. The first-order valence-corrected chi connectivity index (χ1v) is 10.6. The zero-order valence-corrected chi connectivity index (χ0v) is 17.4. The van der Waals surface area contributed by atoms with E-state index in [1.54, 1.807) is 36.4 Å². The number of ether oxygens (including phenoxy) is 2. The summed E-state index contributed by atoms with van der Waals surface area (Å²) in [6.07, 6.45) is 0.211. The Morgan fingerprint density at radius 2 is 1.71 bits per heavy atom. The van der Waals surface area contributed by atoms with Crippen molar-refractivity contribution in [1.29, 1.82) is 5.26 Å². The van der Waals surface area contributed by atoms with E-state index < -0.39 is 6.10 Å². The Kier molecular flexibility index (Phi) is 6.70. The van der Waals surface area contributed by atoms with Gasteiger partial charge in [-0.05, 0) is 54.7 Å². The van der Waals surface area contributed by atoms with Gasteiger partial charge in [0.15, 0.2) is 0 Å². The highest BCUT2D eigenvalue weighted by Crippen LogP contribution is 2.29. The van der Waals surface area contributed by atoms with Crippen molar-refractivity contribution in [2.45, 2.75) is 12.5 Å². The number of fused-ring (bicyclic) bond motifs is 2.